The average molecular weight is 291 g/mol. The molecule has 2 heterocycles. The number of ether oxygens (including phenoxy) is 1. The largest absolute Gasteiger partial charge is 0.381 e. The van der Waals surface area contributed by atoms with Crippen molar-refractivity contribution in [3.05, 3.63) is 28.5 Å². The Kier molecular flexibility index (Phi) is 4.00. The molecule has 0 aliphatic carbocycles. The number of alkyl halides is 1. The summed E-state index contributed by atoms with van der Waals surface area (Å²) in [4.78, 5) is 4.35. The van der Waals surface area contributed by atoms with Crippen molar-refractivity contribution in [3.63, 3.8) is 0 Å². The Balaban J connectivity index is 2.04. The van der Waals surface area contributed by atoms with Crippen LogP contribution in [0.15, 0.2) is 22.8 Å². The van der Waals surface area contributed by atoms with Crippen LogP contribution < -0.4 is 0 Å². The summed E-state index contributed by atoms with van der Waals surface area (Å²) in [5.74, 6) is 0.381. The van der Waals surface area contributed by atoms with Gasteiger partial charge in [-0.2, -0.15) is 0 Å². The second-order valence-corrected chi connectivity index (χ2v) is 5.19. The lowest BCUT2D eigenvalue weighted by Gasteiger charge is -2.27. The standard InChI is InChI=1S/C11H13BrClNO/c12-9-2-1-4-14-11(9)6-8-7-15-5-3-10(8)13/h1-2,4,8,10H,3,5-7H2. The predicted octanol–water partition coefficient (Wildman–Crippen LogP) is 3.03. The minimum Gasteiger partial charge on any atom is -0.381 e. The lowest BCUT2D eigenvalue weighted by molar-refractivity contribution is 0.0574. The maximum atomic E-state index is 6.26. The summed E-state index contributed by atoms with van der Waals surface area (Å²) in [6, 6.07) is 3.93. The maximum absolute atomic E-state index is 6.26. The fourth-order valence-corrected chi connectivity index (χ4v) is 2.44. The van der Waals surface area contributed by atoms with Crippen LogP contribution in [0.2, 0.25) is 0 Å². The van der Waals surface area contributed by atoms with Crippen LogP contribution in [-0.2, 0) is 11.2 Å². The first-order chi connectivity index (χ1) is 7.27. The number of pyridine rings is 1. The van der Waals surface area contributed by atoms with Crippen molar-refractivity contribution in [1.29, 1.82) is 0 Å². The minimum atomic E-state index is 0.215. The molecule has 1 fully saturated rings. The Labute approximate surface area is 103 Å². The highest BCUT2D eigenvalue weighted by atomic mass is 79.9. The molecule has 2 unspecified atom stereocenters. The number of hydrogen-bond donors (Lipinski definition) is 0. The highest BCUT2D eigenvalue weighted by molar-refractivity contribution is 9.10. The second kappa shape index (κ2) is 5.28. The number of hydrogen-bond acceptors (Lipinski definition) is 2. The van der Waals surface area contributed by atoms with E-state index < -0.39 is 0 Å². The van der Waals surface area contributed by atoms with Crippen molar-refractivity contribution in [2.24, 2.45) is 5.92 Å². The average Bonchev–Trinajstić information content (AvgIpc) is 2.24. The molecule has 1 aromatic heterocycles. The summed E-state index contributed by atoms with van der Waals surface area (Å²) in [6.45, 7) is 1.53. The zero-order chi connectivity index (χ0) is 10.7. The van der Waals surface area contributed by atoms with E-state index in [4.69, 9.17) is 16.3 Å². The van der Waals surface area contributed by atoms with Crippen LogP contribution in [0, 0.1) is 5.92 Å². The molecule has 2 atom stereocenters. The molecule has 0 saturated carbocycles. The third-order valence-electron chi connectivity index (χ3n) is 2.67. The molecule has 0 aromatic carbocycles. The van der Waals surface area contributed by atoms with Crippen molar-refractivity contribution in [2.75, 3.05) is 13.2 Å². The Hall–Kier alpha value is -0.120. The van der Waals surface area contributed by atoms with Crippen LogP contribution in [-0.4, -0.2) is 23.6 Å². The minimum absolute atomic E-state index is 0.215. The van der Waals surface area contributed by atoms with Gasteiger partial charge in [0.2, 0.25) is 0 Å². The van der Waals surface area contributed by atoms with Crippen LogP contribution in [0.1, 0.15) is 12.1 Å². The van der Waals surface area contributed by atoms with Gasteiger partial charge >= 0.3 is 0 Å². The van der Waals surface area contributed by atoms with E-state index >= 15 is 0 Å². The van der Waals surface area contributed by atoms with E-state index in [-0.39, 0.29) is 5.38 Å². The van der Waals surface area contributed by atoms with E-state index in [0.717, 1.165) is 36.2 Å². The molecule has 1 aromatic rings. The van der Waals surface area contributed by atoms with Gasteiger partial charge in [0.1, 0.15) is 0 Å². The van der Waals surface area contributed by atoms with Crippen LogP contribution in [0.4, 0.5) is 0 Å². The summed E-state index contributed by atoms with van der Waals surface area (Å²) in [7, 11) is 0. The number of rotatable bonds is 2. The van der Waals surface area contributed by atoms with Gasteiger partial charge in [0.05, 0.1) is 12.3 Å². The van der Waals surface area contributed by atoms with Gasteiger partial charge in [-0.3, -0.25) is 4.98 Å². The lowest BCUT2D eigenvalue weighted by Crippen LogP contribution is -2.30. The Morgan fingerprint density at radius 3 is 3.20 bits per heavy atom. The normalized spacial score (nSPS) is 26.5. The summed E-state index contributed by atoms with van der Waals surface area (Å²) in [6.07, 6.45) is 3.64. The molecule has 0 spiro atoms. The van der Waals surface area contributed by atoms with Crippen molar-refractivity contribution in [3.8, 4) is 0 Å². The number of aromatic nitrogens is 1. The summed E-state index contributed by atoms with van der Waals surface area (Å²) >= 11 is 9.76. The van der Waals surface area contributed by atoms with Crippen molar-refractivity contribution >= 4 is 27.5 Å². The third kappa shape index (κ3) is 2.92. The van der Waals surface area contributed by atoms with E-state index in [0.29, 0.717) is 5.92 Å². The van der Waals surface area contributed by atoms with Gasteiger partial charge in [0.25, 0.3) is 0 Å². The zero-order valence-corrected chi connectivity index (χ0v) is 10.7. The van der Waals surface area contributed by atoms with E-state index in [1.54, 1.807) is 0 Å². The van der Waals surface area contributed by atoms with Gasteiger partial charge in [-0.05, 0) is 40.9 Å². The Morgan fingerprint density at radius 2 is 2.47 bits per heavy atom. The molecule has 15 heavy (non-hydrogen) atoms. The second-order valence-electron chi connectivity index (χ2n) is 3.78. The first-order valence-electron chi connectivity index (χ1n) is 5.08. The summed E-state index contributed by atoms with van der Waals surface area (Å²) in [5.41, 5.74) is 1.07. The fraction of sp³-hybridized carbons (Fsp3) is 0.545. The smallest absolute Gasteiger partial charge is 0.0549 e. The highest BCUT2D eigenvalue weighted by Crippen LogP contribution is 2.26. The molecule has 2 rings (SSSR count). The lowest BCUT2D eigenvalue weighted by atomic mass is 9.96. The molecular formula is C11H13BrClNO. The monoisotopic (exact) mass is 289 g/mol. The van der Waals surface area contributed by atoms with Gasteiger partial charge in [-0.15, -0.1) is 11.6 Å². The van der Waals surface area contributed by atoms with E-state index in [1.807, 2.05) is 18.3 Å². The number of nitrogens with zero attached hydrogens (tertiary/aromatic N) is 1. The Morgan fingerprint density at radius 1 is 1.60 bits per heavy atom. The Bertz CT molecular complexity index is 334. The maximum Gasteiger partial charge on any atom is 0.0549 e. The summed E-state index contributed by atoms with van der Waals surface area (Å²) < 4.78 is 6.49. The molecule has 82 valence electrons. The molecule has 0 bridgehead atoms. The van der Waals surface area contributed by atoms with Crippen molar-refractivity contribution in [1.82, 2.24) is 4.98 Å². The molecular weight excluding hydrogens is 277 g/mol. The first kappa shape index (κ1) is 11.4. The molecule has 1 saturated heterocycles. The van der Waals surface area contributed by atoms with Crippen molar-refractivity contribution < 1.29 is 4.74 Å². The molecule has 2 nitrogen and oxygen atoms in total. The first-order valence-corrected chi connectivity index (χ1v) is 6.31. The van der Waals surface area contributed by atoms with E-state index in [2.05, 4.69) is 20.9 Å². The van der Waals surface area contributed by atoms with E-state index in [9.17, 15) is 0 Å². The third-order valence-corrected chi connectivity index (χ3v) is 3.97. The quantitative estimate of drug-likeness (QED) is 0.781. The summed E-state index contributed by atoms with van der Waals surface area (Å²) in [5, 5.41) is 0.215. The van der Waals surface area contributed by atoms with Gasteiger partial charge in [-0.1, -0.05) is 0 Å². The van der Waals surface area contributed by atoms with Gasteiger partial charge < -0.3 is 4.74 Å². The molecule has 1 aliphatic rings. The van der Waals surface area contributed by atoms with Gasteiger partial charge in [0, 0.05) is 28.6 Å². The molecule has 0 amide bonds. The SMILES string of the molecule is ClC1CCOCC1Cc1ncccc1Br. The predicted molar refractivity (Wildman–Crippen MR) is 64.2 cm³/mol. The van der Waals surface area contributed by atoms with E-state index in [1.165, 1.54) is 0 Å². The van der Waals surface area contributed by atoms with Crippen LogP contribution in [0.5, 0.6) is 0 Å². The van der Waals surface area contributed by atoms with Crippen molar-refractivity contribution in [2.45, 2.75) is 18.2 Å². The molecule has 0 N–H and O–H groups in total. The molecule has 1 aliphatic heterocycles. The fourth-order valence-electron chi connectivity index (χ4n) is 1.77. The molecule has 4 heteroatoms. The van der Waals surface area contributed by atoms with Crippen LogP contribution in [0.3, 0.4) is 0 Å². The van der Waals surface area contributed by atoms with Gasteiger partial charge in [-0.25, -0.2) is 0 Å². The highest BCUT2D eigenvalue weighted by Gasteiger charge is 2.24. The van der Waals surface area contributed by atoms with Gasteiger partial charge in [0.15, 0.2) is 0 Å². The molecule has 0 radical (unpaired) electrons. The number of halogens is 2. The van der Waals surface area contributed by atoms with Crippen LogP contribution >= 0.6 is 27.5 Å². The van der Waals surface area contributed by atoms with Crippen LogP contribution in [0.25, 0.3) is 0 Å². The topological polar surface area (TPSA) is 22.1 Å². The zero-order valence-electron chi connectivity index (χ0n) is 8.33.